The molecule has 2 rings (SSSR count). The van der Waals surface area contributed by atoms with Gasteiger partial charge in [0.2, 0.25) is 15.9 Å². The number of anilines is 1. The van der Waals surface area contributed by atoms with Crippen molar-refractivity contribution in [2.75, 3.05) is 18.5 Å². The Morgan fingerprint density at radius 3 is 2.50 bits per heavy atom. The molecule has 0 aliphatic heterocycles. The number of sulfonamides is 1. The van der Waals surface area contributed by atoms with Crippen LogP contribution in [0.3, 0.4) is 0 Å². The summed E-state index contributed by atoms with van der Waals surface area (Å²) in [5.41, 5.74) is 0.0851. The molecule has 0 aliphatic carbocycles. The van der Waals surface area contributed by atoms with Crippen molar-refractivity contribution in [2.24, 2.45) is 0 Å². The van der Waals surface area contributed by atoms with Crippen molar-refractivity contribution >= 4 is 21.6 Å². The first-order valence-electron chi connectivity index (χ1n) is 7.82. The third-order valence-corrected chi connectivity index (χ3v) is 4.73. The molecule has 0 fully saturated rings. The molecule has 0 aliphatic rings. The highest BCUT2D eigenvalue weighted by molar-refractivity contribution is 7.89. The van der Waals surface area contributed by atoms with Crippen LogP contribution >= 0.6 is 0 Å². The number of benzene rings is 2. The molecular weight excluding hydrogens is 363 g/mol. The molecule has 2 aromatic rings. The van der Waals surface area contributed by atoms with Crippen LogP contribution in [0.15, 0.2) is 47.4 Å². The number of phenols is 1. The Balaban J connectivity index is 1.88. The average Bonchev–Trinajstić information content (AvgIpc) is 2.54. The highest BCUT2D eigenvalue weighted by Gasteiger charge is 2.14. The van der Waals surface area contributed by atoms with Crippen molar-refractivity contribution in [3.8, 4) is 11.5 Å². The molecule has 0 spiro atoms. The molecule has 0 saturated heterocycles. The minimum Gasteiger partial charge on any atom is -0.508 e. The summed E-state index contributed by atoms with van der Waals surface area (Å²) in [4.78, 5) is 11.9. The number of hydrogen-bond donors (Lipinski definition) is 3. The standard InChI is InChI=1S/C17H19FN2O5S/c1-2-25-15-3-5-16(6-4-15)26(23,24)19-8-7-17(22)20-13-9-12(18)10-14(21)11-13/h3-6,9-11,19,21H,2,7-8H2,1H3,(H,20,22). The number of phenolic OH excluding ortho intramolecular Hbond substituents is 1. The van der Waals surface area contributed by atoms with E-state index < -0.39 is 21.7 Å². The van der Waals surface area contributed by atoms with E-state index in [9.17, 15) is 22.7 Å². The molecule has 0 atom stereocenters. The molecule has 1 amide bonds. The van der Waals surface area contributed by atoms with Crippen LogP contribution in [0.4, 0.5) is 10.1 Å². The quantitative estimate of drug-likeness (QED) is 0.649. The first-order valence-corrected chi connectivity index (χ1v) is 9.30. The number of nitrogens with one attached hydrogen (secondary N) is 2. The van der Waals surface area contributed by atoms with E-state index in [2.05, 4.69) is 10.0 Å². The van der Waals surface area contributed by atoms with Crippen LogP contribution in [-0.4, -0.2) is 32.6 Å². The van der Waals surface area contributed by atoms with Gasteiger partial charge >= 0.3 is 0 Å². The summed E-state index contributed by atoms with van der Waals surface area (Å²) in [6, 6.07) is 9.03. The molecule has 0 radical (unpaired) electrons. The SMILES string of the molecule is CCOc1ccc(S(=O)(=O)NCCC(=O)Nc2cc(O)cc(F)c2)cc1. The van der Waals surface area contributed by atoms with E-state index >= 15 is 0 Å². The van der Waals surface area contributed by atoms with E-state index in [4.69, 9.17) is 4.74 Å². The molecule has 0 aromatic heterocycles. The summed E-state index contributed by atoms with van der Waals surface area (Å²) in [6.07, 6.45) is -0.159. The largest absolute Gasteiger partial charge is 0.508 e. The highest BCUT2D eigenvalue weighted by Crippen LogP contribution is 2.19. The predicted molar refractivity (Wildman–Crippen MR) is 94.1 cm³/mol. The predicted octanol–water partition coefficient (Wildman–Crippen LogP) is 2.24. The minimum absolute atomic E-state index is 0.0522. The van der Waals surface area contributed by atoms with Crippen molar-refractivity contribution in [1.82, 2.24) is 4.72 Å². The fourth-order valence-corrected chi connectivity index (χ4v) is 3.17. The van der Waals surface area contributed by atoms with Gasteiger partial charge in [0.05, 0.1) is 11.5 Å². The number of amides is 1. The number of halogens is 1. The maximum atomic E-state index is 13.1. The summed E-state index contributed by atoms with van der Waals surface area (Å²) < 4.78 is 45.0. The first-order chi connectivity index (χ1) is 12.3. The summed E-state index contributed by atoms with van der Waals surface area (Å²) in [7, 11) is -3.76. The van der Waals surface area contributed by atoms with Gasteiger partial charge in [0, 0.05) is 30.8 Å². The summed E-state index contributed by atoms with van der Waals surface area (Å²) in [6.45, 7) is 2.16. The molecule has 140 valence electrons. The molecule has 9 heteroatoms. The van der Waals surface area contributed by atoms with Gasteiger partial charge in [-0.15, -0.1) is 0 Å². The molecular formula is C17H19FN2O5S. The first kappa shape index (κ1) is 19.7. The molecule has 3 N–H and O–H groups in total. The molecule has 0 heterocycles. The fraction of sp³-hybridized carbons (Fsp3) is 0.235. The van der Waals surface area contributed by atoms with Crippen LogP contribution in [0.2, 0.25) is 0 Å². The van der Waals surface area contributed by atoms with E-state index in [1.165, 1.54) is 18.2 Å². The fourth-order valence-electron chi connectivity index (χ4n) is 2.13. The number of rotatable bonds is 8. The van der Waals surface area contributed by atoms with E-state index in [0.29, 0.717) is 12.4 Å². The van der Waals surface area contributed by atoms with Gasteiger partial charge in [-0.1, -0.05) is 0 Å². The normalized spacial score (nSPS) is 11.2. The number of hydrogen-bond acceptors (Lipinski definition) is 5. The van der Waals surface area contributed by atoms with Gasteiger partial charge in [-0.3, -0.25) is 4.79 Å². The maximum Gasteiger partial charge on any atom is 0.240 e. The minimum atomic E-state index is -3.76. The Labute approximate surface area is 150 Å². The molecule has 2 aromatic carbocycles. The smallest absolute Gasteiger partial charge is 0.240 e. The van der Waals surface area contributed by atoms with Gasteiger partial charge in [0.25, 0.3) is 0 Å². The molecule has 7 nitrogen and oxygen atoms in total. The van der Waals surface area contributed by atoms with Crippen molar-refractivity contribution < 1.29 is 27.4 Å². The van der Waals surface area contributed by atoms with Crippen LogP contribution < -0.4 is 14.8 Å². The Bertz CT molecular complexity index is 849. The lowest BCUT2D eigenvalue weighted by molar-refractivity contribution is -0.116. The second kappa shape index (κ2) is 8.63. The Morgan fingerprint density at radius 2 is 1.88 bits per heavy atom. The Kier molecular flexibility index (Phi) is 6.53. The second-order valence-corrected chi connectivity index (χ2v) is 7.07. The zero-order valence-corrected chi connectivity index (χ0v) is 14.8. The van der Waals surface area contributed by atoms with E-state index in [-0.39, 0.29) is 29.3 Å². The number of ether oxygens (including phenoxy) is 1. The van der Waals surface area contributed by atoms with Gasteiger partial charge in [-0.25, -0.2) is 17.5 Å². The highest BCUT2D eigenvalue weighted by atomic mass is 32.2. The van der Waals surface area contributed by atoms with Crippen LogP contribution in [0.5, 0.6) is 11.5 Å². The van der Waals surface area contributed by atoms with Gasteiger partial charge in [0.1, 0.15) is 17.3 Å². The lowest BCUT2D eigenvalue weighted by atomic mass is 10.3. The lowest BCUT2D eigenvalue weighted by Crippen LogP contribution is -2.27. The van der Waals surface area contributed by atoms with Gasteiger partial charge in [0.15, 0.2) is 0 Å². The van der Waals surface area contributed by atoms with Crippen LogP contribution in [-0.2, 0) is 14.8 Å². The van der Waals surface area contributed by atoms with Crippen LogP contribution in [0, 0.1) is 5.82 Å². The summed E-state index contributed by atoms with van der Waals surface area (Å²) in [5, 5.41) is 11.7. The molecule has 0 saturated carbocycles. The van der Waals surface area contributed by atoms with E-state index in [0.717, 1.165) is 12.1 Å². The zero-order chi connectivity index (χ0) is 19.2. The van der Waals surface area contributed by atoms with Gasteiger partial charge in [-0.05, 0) is 37.3 Å². The topological polar surface area (TPSA) is 105 Å². The van der Waals surface area contributed by atoms with Crippen molar-refractivity contribution in [1.29, 1.82) is 0 Å². The summed E-state index contributed by atoms with van der Waals surface area (Å²) in [5.74, 6) is -0.985. The lowest BCUT2D eigenvalue weighted by Gasteiger charge is -2.09. The summed E-state index contributed by atoms with van der Waals surface area (Å²) >= 11 is 0. The van der Waals surface area contributed by atoms with Gasteiger partial charge < -0.3 is 15.2 Å². The third kappa shape index (κ3) is 5.71. The van der Waals surface area contributed by atoms with E-state index in [1.54, 1.807) is 12.1 Å². The maximum absolute atomic E-state index is 13.1. The van der Waals surface area contributed by atoms with Crippen molar-refractivity contribution in [3.63, 3.8) is 0 Å². The second-order valence-electron chi connectivity index (χ2n) is 5.30. The molecule has 0 unspecified atom stereocenters. The molecule has 26 heavy (non-hydrogen) atoms. The van der Waals surface area contributed by atoms with Crippen LogP contribution in [0.25, 0.3) is 0 Å². The van der Waals surface area contributed by atoms with Crippen molar-refractivity contribution in [2.45, 2.75) is 18.2 Å². The Morgan fingerprint density at radius 1 is 1.19 bits per heavy atom. The number of carbonyl (C=O) groups excluding carboxylic acids is 1. The zero-order valence-electron chi connectivity index (χ0n) is 14.0. The number of carbonyl (C=O) groups is 1. The number of aromatic hydroxyl groups is 1. The monoisotopic (exact) mass is 382 g/mol. The Hall–Kier alpha value is -2.65. The average molecular weight is 382 g/mol. The third-order valence-electron chi connectivity index (χ3n) is 3.26. The van der Waals surface area contributed by atoms with Crippen molar-refractivity contribution in [3.05, 3.63) is 48.3 Å². The van der Waals surface area contributed by atoms with Crippen LogP contribution in [0.1, 0.15) is 13.3 Å². The molecule has 0 bridgehead atoms. The van der Waals surface area contributed by atoms with Gasteiger partial charge in [-0.2, -0.15) is 0 Å². The van der Waals surface area contributed by atoms with E-state index in [1.807, 2.05) is 6.92 Å².